The van der Waals surface area contributed by atoms with Gasteiger partial charge in [0.2, 0.25) is 4.38 Å². The molecule has 1 nitrogen and oxygen atoms in total. The van der Waals surface area contributed by atoms with E-state index in [2.05, 4.69) is 27.4 Å². The zero-order valence-electron chi connectivity index (χ0n) is 10.5. The lowest BCUT2D eigenvalue weighted by Crippen LogP contribution is -2.17. The minimum Gasteiger partial charge on any atom is -0.440 e. The molecule has 0 heterocycles. The first-order chi connectivity index (χ1) is 7.96. The normalized spacial score (nSPS) is 11.0. The molecule has 0 aliphatic rings. The summed E-state index contributed by atoms with van der Waals surface area (Å²) in [6, 6.07) is 7.73. The van der Waals surface area contributed by atoms with Crippen LogP contribution in [-0.2, 0) is 0 Å². The fraction of sp³-hybridized carbons (Fsp3) is 0.357. The Hall–Kier alpha value is -0.800. The van der Waals surface area contributed by atoms with Crippen molar-refractivity contribution in [1.29, 1.82) is 0 Å². The van der Waals surface area contributed by atoms with Gasteiger partial charge in [0.05, 0.1) is 0 Å². The molecule has 3 heteroatoms. The number of rotatable bonds is 4. The molecule has 1 aromatic rings. The molecule has 0 radical (unpaired) electrons. The van der Waals surface area contributed by atoms with Crippen LogP contribution in [0.2, 0.25) is 0 Å². The van der Waals surface area contributed by atoms with Gasteiger partial charge in [-0.3, -0.25) is 0 Å². The number of ether oxygens (including phenoxy) is 1. The van der Waals surface area contributed by atoms with Crippen molar-refractivity contribution in [3.05, 3.63) is 36.4 Å². The molecular weight excluding hydrogens is 248 g/mol. The number of thiocarbonyl (C=S) groups is 1. The van der Waals surface area contributed by atoms with E-state index in [4.69, 9.17) is 17.0 Å². The molecule has 0 N–H and O–H groups in total. The number of hydrogen-bond donors (Lipinski definition) is 0. The summed E-state index contributed by atoms with van der Waals surface area (Å²) in [7, 11) is 0. The topological polar surface area (TPSA) is 9.23 Å². The van der Waals surface area contributed by atoms with Gasteiger partial charge in [0.1, 0.15) is 5.75 Å². The molecule has 17 heavy (non-hydrogen) atoms. The van der Waals surface area contributed by atoms with Crippen molar-refractivity contribution < 1.29 is 4.74 Å². The van der Waals surface area contributed by atoms with E-state index >= 15 is 0 Å². The van der Waals surface area contributed by atoms with Gasteiger partial charge in [0.25, 0.3) is 0 Å². The third-order valence-corrected chi connectivity index (χ3v) is 3.95. The summed E-state index contributed by atoms with van der Waals surface area (Å²) in [4.78, 5) is 0. The van der Waals surface area contributed by atoms with Gasteiger partial charge in [-0.2, -0.15) is 0 Å². The molecule has 0 aromatic heterocycles. The van der Waals surface area contributed by atoms with Crippen molar-refractivity contribution in [2.75, 3.05) is 0 Å². The van der Waals surface area contributed by atoms with Gasteiger partial charge in [-0.15, -0.1) is 0 Å². The maximum atomic E-state index is 5.61. The first-order valence-corrected chi connectivity index (χ1v) is 6.82. The Labute approximate surface area is 113 Å². The van der Waals surface area contributed by atoms with E-state index in [9.17, 15) is 0 Å². The fourth-order valence-corrected chi connectivity index (χ4v) is 2.59. The second-order valence-electron chi connectivity index (χ2n) is 4.34. The summed E-state index contributed by atoms with van der Waals surface area (Å²) in [6.45, 7) is 10.2. The van der Waals surface area contributed by atoms with E-state index in [1.165, 1.54) is 0 Å². The predicted octanol–water partition coefficient (Wildman–Crippen LogP) is 4.92. The molecule has 1 aromatic carbocycles. The van der Waals surface area contributed by atoms with E-state index < -0.39 is 0 Å². The summed E-state index contributed by atoms with van der Waals surface area (Å²) in [5.41, 5.74) is 1.07. The Morgan fingerprint density at radius 3 is 2.47 bits per heavy atom. The summed E-state index contributed by atoms with van der Waals surface area (Å²) < 4.78 is 6.31. The number of benzene rings is 1. The Kier molecular flexibility index (Phi) is 5.22. The van der Waals surface area contributed by atoms with Crippen LogP contribution in [0.4, 0.5) is 0 Å². The first kappa shape index (κ1) is 14.3. The minimum atomic E-state index is 0.123. The monoisotopic (exact) mass is 266 g/mol. The highest BCUT2D eigenvalue weighted by atomic mass is 32.2. The third kappa shape index (κ3) is 4.92. The highest BCUT2D eigenvalue weighted by Gasteiger charge is 2.19. The maximum absolute atomic E-state index is 5.61. The minimum absolute atomic E-state index is 0.123. The van der Waals surface area contributed by atoms with Gasteiger partial charge in [0.15, 0.2) is 0 Å². The van der Waals surface area contributed by atoms with E-state index in [1.54, 1.807) is 17.8 Å². The molecule has 0 saturated heterocycles. The molecule has 0 bridgehead atoms. The molecule has 0 spiro atoms. The summed E-state index contributed by atoms with van der Waals surface area (Å²) >= 11 is 6.83. The Morgan fingerprint density at radius 1 is 1.41 bits per heavy atom. The largest absolute Gasteiger partial charge is 0.440 e. The van der Waals surface area contributed by atoms with Crippen molar-refractivity contribution in [1.82, 2.24) is 0 Å². The van der Waals surface area contributed by atoms with Crippen LogP contribution in [0, 0.1) is 0 Å². The molecule has 0 fully saturated rings. The highest BCUT2D eigenvalue weighted by Crippen LogP contribution is 2.30. The highest BCUT2D eigenvalue weighted by molar-refractivity contribution is 8.23. The number of hydrogen-bond acceptors (Lipinski definition) is 3. The third-order valence-electron chi connectivity index (χ3n) is 2.53. The number of thioether (sulfide) groups is 1. The van der Waals surface area contributed by atoms with Gasteiger partial charge in [-0.1, -0.05) is 57.3 Å². The Balaban J connectivity index is 2.59. The molecule has 0 atom stereocenters. The van der Waals surface area contributed by atoms with Gasteiger partial charge >= 0.3 is 0 Å². The van der Waals surface area contributed by atoms with Crippen LogP contribution in [0.1, 0.15) is 32.8 Å². The Bertz CT molecular complexity index is 393. The van der Waals surface area contributed by atoms with Crippen molar-refractivity contribution in [3.8, 4) is 5.75 Å². The zero-order chi connectivity index (χ0) is 12.9. The van der Waals surface area contributed by atoms with E-state index in [0.29, 0.717) is 4.38 Å². The first-order valence-electron chi connectivity index (χ1n) is 5.60. The van der Waals surface area contributed by atoms with Crippen molar-refractivity contribution in [2.45, 2.75) is 31.9 Å². The van der Waals surface area contributed by atoms with Crippen LogP contribution in [0.15, 0.2) is 30.8 Å². The molecule has 0 aliphatic carbocycles. The lowest BCUT2D eigenvalue weighted by Gasteiger charge is -2.21. The van der Waals surface area contributed by atoms with Crippen molar-refractivity contribution in [2.24, 2.45) is 0 Å². The standard InChI is InChI=1S/C14H18OS2/c1-5-11-7-9-12(10-8-11)15-13(16)17-14(3,4)6-2/h5,7-10H,1,6H2,2-4H3. The van der Waals surface area contributed by atoms with Crippen LogP contribution < -0.4 is 4.74 Å². The van der Waals surface area contributed by atoms with Crippen molar-refractivity contribution >= 4 is 34.4 Å². The second kappa shape index (κ2) is 6.22. The lowest BCUT2D eigenvalue weighted by atomic mass is 10.1. The molecular formula is C14H18OS2. The fourth-order valence-electron chi connectivity index (χ4n) is 1.09. The molecule has 92 valence electrons. The average Bonchev–Trinajstić information content (AvgIpc) is 2.29. The van der Waals surface area contributed by atoms with Crippen LogP contribution in [0.3, 0.4) is 0 Å². The van der Waals surface area contributed by atoms with Crippen LogP contribution >= 0.6 is 24.0 Å². The second-order valence-corrected chi connectivity index (χ2v) is 6.65. The van der Waals surface area contributed by atoms with E-state index in [0.717, 1.165) is 17.7 Å². The summed E-state index contributed by atoms with van der Waals surface area (Å²) in [5, 5.41) is 0. The van der Waals surface area contributed by atoms with Crippen LogP contribution in [-0.4, -0.2) is 9.13 Å². The zero-order valence-corrected chi connectivity index (χ0v) is 12.2. The summed E-state index contributed by atoms with van der Waals surface area (Å²) in [6.07, 6.45) is 2.85. The smallest absolute Gasteiger partial charge is 0.226 e. The quantitative estimate of drug-likeness (QED) is 0.716. The predicted molar refractivity (Wildman–Crippen MR) is 81.7 cm³/mol. The molecule has 0 aliphatic heterocycles. The van der Waals surface area contributed by atoms with Gasteiger partial charge in [-0.25, -0.2) is 0 Å². The molecule has 0 amide bonds. The Morgan fingerprint density at radius 2 is 2.00 bits per heavy atom. The molecule has 0 unspecified atom stereocenters. The lowest BCUT2D eigenvalue weighted by molar-refractivity contribution is 0.576. The summed E-state index contributed by atoms with van der Waals surface area (Å²) in [5.74, 6) is 0.778. The van der Waals surface area contributed by atoms with Gasteiger partial charge in [-0.05, 0) is 36.3 Å². The maximum Gasteiger partial charge on any atom is 0.226 e. The average molecular weight is 266 g/mol. The van der Waals surface area contributed by atoms with Gasteiger partial charge in [0, 0.05) is 4.75 Å². The van der Waals surface area contributed by atoms with Crippen LogP contribution in [0.5, 0.6) is 5.75 Å². The van der Waals surface area contributed by atoms with Gasteiger partial charge < -0.3 is 4.74 Å². The van der Waals surface area contributed by atoms with Crippen LogP contribution in [0.25, 0.3) is 6.08 Å². The van der Waals surface area contributed by atoms with E-state index in [1.807, 2.05) is 24.3 Å². The van der Waals surface area contributed by atoms with E-state index in [-0.39, 0.29) is 4.75 Å². The molecule has 0 saturated carbocycles. The van der Waals surface area contributed by atoms with Crippen molar-refractivity contribution in [3.63, 3.8) is 0 Å². The molecule has 1 rings (SSSR count). The SMILES string of the molecule is C=Cc1ccc(OC(=S)SC(C)(C)CC)cc1.